The number of benzene rings is 9. The number of fused-ring (bicyclic) bond motifs is 4. The van der Waals surface area contributed by atoms with Gasteiger partial charge in [0.15, 0.2) is 0 Å². The van der Waals surface area contributed by atoms with Crippen molar-refractivity contribution >= 4 is 43.1 Å². The summed E-state index contributed by atoms with van der Waals surface area (Å²) in [5.74, 6) is 0. The molecule has 0 saturated heterocycles. The second-order valence-corrected chi connectivity index (χ2v) is 12.1. The third kappa shape index (κ3) is 4.38. The minimum atomic E-state index is 1.22. The maximum atomic E-state index is 2.32. The molecule has 0 bridgehead atoms. The number of rotatable bonds is 4. The molecule has 9 aromatic carbocycles. The van der Waals surface area contributed by atoms with Crippen LogP contribution in [0, 0.1) is 0 Å². The third-order valence-corrected chi connectivity index (χ3v) is 9.42. The molecular weight excluding hydrogens is 553 g/mol. The summed E-state index contributed by atoms with van der Waals surface area (Å²) in [4.78, 5) is 0. The molecule has 0 aliphatic rings. The molecule has 0 heteroatoms. The maximum Gasteiger partial charge on any atom is -0.00201 e. The van der Waals surface area contributed by atoms with Crippen LogP contribution in [0.5, 0.6) is 0 Å². The van der Waals surface area contributed by atoms with Gasteiger partial charge in [0, 0.05) is 0 Å². The molecule has 9 rings (SSSR count). The normalized spacial score (nSPS) is 11.5. The highest BCUT2D eigenvalue weighted by atomic mass is 14.2. The van der Waals surface area contributed by atoms with E-state index in [1.54, 1.807) is 0 Å². The van der Waals surface area contributed by atoms with E-state index in [1.807, 2.05) is 0 Å². The Morgan fingerprint density at radius 1 is 0.217 bits per heavy atom. The van der Waals surface area contributed by atoms with Crippen molar-refractivity contribution in [2.75, 3.05) is 0 Å². The van der Waals surface area contributed by atoms with E-state index in [0.29, 0.717) is 0 Å². The van der Waals surface area contributed by atoms with Gasteiger partial charge < -0.3 is 0 Å². The quantitative estimate of drug-likeness (QED) is 0.181. The van der Waals surface area contributed by atoms with Crippen molar-refractivity contribution in [3.05, 3.63) is 182 Å². The van der Waals surface area contributed by atoms with Gasteiger partial charge in [-0.1, -0.05) is 164 Å². The first-order valence-electron chi connectivity index (χ1n) is 15.9. The van der Waals surface area contributed by atoms with Crippen LogP contribution < -0.4 is 0 Å². The Morgan fingerprint density at radius 3 is 1.33 bits per heavy atom. The zero-order valence-corrected chi connectivity index (χ0v) is 25.3. The van der Waals surface area contributed by atoms with E-state index in [-0.39, 0.29) is 0 Å². The van der Waals surface area contributed by atoms with Crippen molar-refractivity contribution in [2.45, 2.75) is 0 Å². The molecule has 0 aromatic heterocycles. The van der Waals surface area contributed by atoms with E-state index in [1.165, 1.54) is 87.6 Å². The van der Waals surface area contributed by atoms with Crippen molar-refractivity contribution in [2.24, 2.45) is 0 Å². The molecule has 0 amide bonds. The lowest BCUT2D eigenvalue weighted by molar-refractivity contribution is 1.60. The standard InChI is InChI=1S/C46H30/c1-2-12-32(13-3-1)39-16-6-7-17-40(39)46-43-20-10-8-18-41(43)45(42-19-9-11-21-44(42)46)33-24-22-31(23-25-33)36-26-27-37-28-34-14-4-5-15-35(34)29-38(37)30-36/h1-30H. The average molecular weight is 583 g/mol. The van der Waals surface area contributed by atoms with E-state index in [9.17, 15) is 0 Å². The predicted molar refractivity (Wildman–Crippen MR) is 198 cm³/mol. The lowest BCUT2D eigenvalue weighted by Gasteiger charge is -2.19. The molecule has 0 fully saturated rings. The summed E-state index contributed by atoms with van der Waals surface area (Å²) in [6.07, 6.45) is 0. The highest BCUT2D eigenvalue weighted by molar-refractivity contribution is 6.22. The van der Waals surface area contributed by atoms with Crippen LogP contribution in [0.25, 0.3) is 87.6 Å². The predicted octanol–water partition coefficient (Wildman–Crippen LogP) is 13.0. The number of hydrogen-bond donors (Lipinski definition) is 0. The highest BCUT2D eigenvalue weighted by Crippen LogP contribution is 2.46. The SMILES string of the molecule is c1ccc(-c2ccccc2-c2c3ccccc3c(-c3ccc(-c4ccc5cc6ccccc6cc5c4)cc3)c3ccccc23)cc1. The summed E-state index contributed by atoms with van der Waals surface area (Å²) in [5, 5.41) is 10.2. The van der Waals surface area contributed by atoms with E-state index in [4.69, 9.17) is 0 Å². The summed E-state index contributed by atoms with van der Waals surface area (Å²) in [7, 11) is 0. The summed E-state index contributed by atoms with van der Waals surface area (Å²) in [5.41, 5.74) is 9.99. The van der Waals surface area contributed by atoms with Crippen LogP contribution in [0.2, 0.25) is 0 Å². The lowest BCUT2D eigenvalue weighted by atomic mass is 9.83. The second kappa shape index (κ2) is 10.9. The largest absolute Gasteiger partial charge is 0.0622 e. The van der Waals surface area contributed by atoms with Crippen LogP contribution in [0.1, 0.15) is 0 Å². The molecule has 0 spiro atoms. The monoisotopic (exact) mass is 582 g/mol. The topological polar surface area (TPSA) is 0 Å². The minimum Gasteiger partial charge on any atom is -0.0622 e. The molecule has 0 heterocycles. The van der Waals surface area contributed by atoms with Gasteiger partial charge in [-0.2, -0.15) is 0 Å². The molecule has 214 valence electrons. The van der Waals surface area contributed by atoms with Gasteiger partial charge in [-0.15, -0.1) is 0 Å². The van der Waals surface area contributed by atoms with E-state index >= 15 is 0 Å². The van der Waals surface area contributed by atoms with Gasteiger partial charge in [0.2, 0.25) is 0 Å². The van der Waals surface area contributed by atoms with Crippen molar-refractivity contribution in [3.8, 4) is 44.5 Å². The fourth-order valence-corrected chi connectivity index (χ4v) is 7.25. The summed E-state index contributed by atoms with van der Waals surface area (Å²) < 4.78 is 0. The molecule has 0 saturated carbocycles. The molecule has 0 atom stereocenters. The highest BCUT2D eigenvalue weighted by Gasteiger charge is 2.18. The van der Waals surface area contributed by atoms with Crippen LogP contribution in [-0.4, -0.2) is 0 Å². The minimum absolute atomic E-state index is 1.22. The first-order valence-corrected chi connectivity index (χ1v) is 15.9. The maximum absolute atomic E-state index is 2.32. The Kier molecular flexibility index (Phi) is 6.25. The lowest BCUT2D eigenvalue weighted by Crippen LogP contribution is -1.92. The van der Waals surface area contributed by atoms with Crippen molar-refractivity contribution < 1.29 is 0 Å². The summed E-state index contributed by atoms with van der Waals surface area (Å²) in [6, 6.07) is 66.5. The van der Waals surface area contributed by atoms with Gasteiger partial charge in [0.25, 0.3) is 0 Å². The smallest absolute Gasteiger partial charge is 0.00201 e. The Balaban J connectivity index is 1.21. The van der Waals surface area contributed by atoms with E-state index in [2.05, 4.69) is 182 Å². The van der Waals surface area contributed by atoms with Crippen molar-refractivity contribution in [1.82, 2.24) is 0 Å². The molecule has 0 aliphatic carbocycles. The molecule has 0 nitrogen and oxygen atoms in total. The Morgan fingerprint density at radius 2 is 0.674 bits per heavy atom. The van der Waals surface area contributed by atoms with Crippen LogP contribution in [-0.2, 0) is 0 Å². The average Bonchev–Trinajstić information content (AvgIpc) is 3.13. The van der Waals surface area contributed by atoms with E-state index in [0.717, 1.165) is 0 Å². The van der Waals surface area contributed by atoms with Crippen molar-refractivity contribution in [1.29, 1.82) is 0 Å². The molecule has 0 radical (unpaired) electrons. The van der Waals surface area contributed by atoms with E-state index < -0.39 is 0 Å². The second-order valence-electron chi connectivity index (χ2n) is 12.1. The summed E-state index contributed by atoms with van der Waals surface area (Å²) >= 11 is 0. The molecule has 9 aromatic rings. The van der Waals surface area contributed by atoms with Gasteiger partial charge in [-0.05, 0) is 106 Å². The van der Waals surface area contributed by atoms with Gasteiger partial charge in [0.1, 0.15) is 0 Å². The fourth-order valence-electron chi connectivity index (χ4n) is 7.25. The van der Waals surface area contributed by atoms with Gasteiger partial charge in [-0.3, -0.25) is 0 Å². The Labute approximate surface area is 268 Å². The van der Waals surface area contributed by atoms with Gasteiger partial charge in [0.05, 0.1) is 0 Å². The van der Waals surface area contributed by atoms with Crippen LogP contribution in [0.4, 0.5) is 0 Å². The summed E-state index contributed by atoms with van der Waals surface area (Å²) in [6.45, 7) is 0. The first kappa shape index (κ1) is 26.4. The first-order chi connectivity index (χ1) is 22.8. The van der Waals surface area contributed by atoms with Crippen molar-refractivity contribution in [3.63, 3.8) is 0 Å². The molecular formula is C46H30. The Bertz CT molecular complexity index is 2500. The molecule has 0 N–H and O–H groups in total. The number of hydrogen-bond acceptors (Lipinski definition) is 0. The zero-order valence-electron chi connectivity index (χ0n) is 25.3. The fraction of sp³-hybridized carbons (Fsp3) is 0. The third-order valence-electron chi connectivity index (χ3n) is 9.42. The molecule has 0 aliphatic heterocycles. The zero-order chi connectivity index (χ0) is 30.5. The Hall–Kier alpha value is -5.98. The molecule has 0 unspecified atom stereocenters. The molecule has 46 heavy (non-hydrogen) atoms. The van der Waals surface area contributed by atoms with Crippen LogP contribution >= 0.6 is 0 Å². The van der Waals surface area contributed by atoms with Crippen LogP contribution in [0.3, 0.4) is 0 Å². The van der Waals surface area contributed by atoms with Gasteiger partial charge in [-0.25, -0.2) is 0 Å². The van der Waals surface area contributed by atoms with Crippen LogP contribution in [0.15, 0.2) is 182 Å². The van der Waals surface area contributed by atoms with Gasteiger partial charge >= 0.3 is 0 Å².